The lowest BCUT2D eigenvalue weighted by atomic mass is 9.90. The lowest BCUT2D eigenvalue weighted by Gasteiger charge is -2.35. The van der Waals surface area contributed by atoms with E-state index >= 15 is 0 Å². The molecule has 1 aromatic heterocycles. The third-order valence-electron chi connectivity index (χ3n) is 3.39. The molecule has 2 heterocycles. The minimum atomic E-state index is -0.274. The van der Waals surface area contributed by atoms with Gasteiger partial charge in [0.25, 0.3) is 0 Å². The van der Waals surface area contributed by atoms with E-state index in [1.165, 1.54) is 0 Å². The summed E-state index contributed by atoms with van der Waals surface area (Å²) < 4.78 is 14.2. The first kappa shape index (κ1) is 10.9. The molecule has 3 rings (SSSR count). The molecular formula is C10H14IN3O2. The molecule has 16 heavy (non-hydrogen) atoms. The van der Waals surface area contributed by atoms with E-state index < -0.39 is 0 Å². The summed E-state index contributed by atoms with van der Waals surface area (Å²) in [6.45, 7) is 1.48. The highest BCUT2D eigenvalue weighted by molar-refractivity contribution is 14.1. The Hall–Kier alpha value is -0.210. The van der Waals surface area contributed by atoms with Gasteiger partial charge in [-0.05, 0) is 12.8 Å². The van der Waals surface area contributed by atoms with Crippen molar-refractivity contribution in [3.8, 4) is 0 Å². The van der Waals surface area contributed by atoms with Crippen LogP contribution in [0.15, 0.2) is 6.33 Å². The van der Waals surface area contributed by atoms with E-state index in [1.54, 1.807) is 0 Å². The second kappa shape index (κ2) is 4.23. The fourth-order valence-electron chi connectivity index (χ4n) is 2.52. The molecule has 0 amide bonds. The Kier molecular flexibility index (Phi) is 2.88. The van der Waals surface area contributed by atoms with Gasteiger partial charge in [-0.2, -0.15) is 0 Å². The second-order valence-corrected chi connectivity index (χ2v) is 5.30. The topological polar surface area (TPSA) is 49.2 Å². The number of aromatic nitrogens is 3. The quantitative estimate of drug-likeness (QED) is 0.734. The lowest BCUT2D eigenvalue weighted by Crippen LogP contribution is -2.35. The molecule has 1 spiro atoms. The second-order valence-electron chi connectivity index (χ2n) is 4.33. The van der Waals surface area contributed by atoms with Crippen molar-refractivity contribution in [1.82, 2.24) is 14.8 Å². The molecule has 2 fully saturated rings. The third-order valence-corrected chi connectivity index (χ3v) is 3.88. The summed E-state index contributed by atoms with van der Waals surface area (Å²) in [5.74, 6) is -0.274. The Bertz CT molecular complexity index is 366. The summed E-state index contributed by atoms with van der Waals surface area (Å²) in [5.41, 5.74) is 0. The van der Waals surface area contributed by atoms with E-state index in [-0.39, 0.29) is 5.79 Å². The van der Waals surface area contributed by atoms with Gasteiger partial charge in [0.15, 0.2) is 5.79 Å². The van der Waals surface area contributed by atoms with Crippen LogP contribution >= 0.6 is 22.6 Å². The maximum Gasteiger partial charge on any atom is 0.211 e. The summed E-state index contributed by atoms with van der Waals surface area (Å²) in [4.78, 5) is 4.16. The molecule has 88 valence electrons. The van der Waals surface area contributed by atoms with Crippen LogP contribution in [0.5, 0.6) is 0 Å². The molecule has 0 atom stereocenters. The first-order valence-corrected chi connectivity index (χ1v) is 6.70. The van der Waals surface area contributed by atoms with Gasteiger partial charge in [-0.3, -0.25) is 0 Å². The standard InChI is InChI=1S/C10H14IN3O2/c11-9-12-7-14(13-9)8-1-3-10(4-2-8)15-5-6-16-10/h7-8H,1-6H2. The highest BCUT2D eigenvalue weighted by atomic mass is 127. The fraction of sp³-hybridized carbons (Fsp3) is 0.800. The van der Waals surface area contributed by atoms with Crippen molar-refractivity contribution in [1.29, 1.82) is 0 Å². The minimum Gasteiger partial charge on any atom is -0.348 e. The summed E-state index contributed by atoms with van der Waals surface area (Å²) in [6, 6.07) is 0.453. The average Bonchev–Trinajstić information content (AvgIpc) is 2.90. The van der Waals surface area contributed by atoms with Crippen LogP contribution in [0.2, 0.25) is 0 Å². The molecule has 0 unspecified atom stereocenters. The first-order valence-electron chi connectivity index (χ1n) is 5.62. The number of hydrogen-bond donors (Lipinski definition) is 0. The van der Waals surface area contributed by atoms with Crippen LogP contribution in [0.1, 0.15) is 31.7 Å². The highest BCUT2D eigenvalue weighted by Crippen LogP contribution is 2.39. The molecule has 1 aromatic rings. The van der Waals surface area contributed by atoms with Crippen LogP contribution in [0.4, 0.5) is 0 Å². The lowest BCUT2D eigenvalue weighted by molar-refractivity contribution is -0.181. The molecule has 6 heteroatoms. The molecule has 2 aliphatic rings. The normalized spacial score (nSPS) is 25.3. The minimum absolute atomic E-state index is 0.274. The number of hydrogen-bond acceptors (Lipinski definition) is 4. The molecule has 0 N–H and O–H groups in total. The van der Waals surface area contributed by atoms with Crippen molar-refractivity contribution in [2.45, 2.75) is 37.5 Å². The van der Waals surface area contributed by atoms with Gasteiger partial charge in [0, 0.05) is 35.4 Å². The Morgan fingerprint density at radius 2 is 2.00 bits per heavy atom. The predicted molar refractivity (Wildman–Crippen MR) is 64.9 cm³/mol. The summed E-state index contributed by atoms with van der Waals surface area (Å²) in [7, 11) is 0. The number of ether oxygens (including phenoxy) is 2. The zero-order valence-electron chi connectivity index (χ0n) is 8.93. The number of rotatable bonds is 1. The molecule has 0 aromatic carbocycles. The monoisotopic (exact) mass is 335 g/mol. The van der Waals surface area contributed by atoms with Gasteiger partial charge in [-0.15, -0.1) is 5.10 Å². The van der Waals surface area contributed by atoms with Gasteiger partial charge in [0.05, 0.1) is 19.3 Å². The predicted octanol–water partition coefficient (Wildman–Crippen LogP) is 1.74. The van der Waals surface area contributed by atoms with Crippen molar-refractivity contribution in [3.05, 3.63) is 10.2 Å². The largest absolute Gasteiger partial charge is 0.348 e. The SMILES string of the molecule is Ic1ncn(C2CCC3(CC2)OCCO3)n1. The Morgan fingerprint density at radius 1 is 1.31 bits per heavy atom. The van der Waals surface area contributed by atoms with Gasteiger partial charge in [-0.25, -0.2) is 9.67 Å². The van der Waals surface area contributed by atoms with Crippen LogP contribution in [0.3, 0.4) is 0 Å². The maximum atomic E-state index is 5.70. The van der Waals surface area contributed by atoms with E-state index in [4.69, 9.17) is 9.47 Å². The van der Waals surface area contributed by atoms with Crippen molar-refractivity contribution < 1.29 is 9.47 Å². The van der Waals surface area contributed by atoms with E-state index in [2.05, 4.69) is 32.7 Å². The average molecular weight is 335 g/mol. The Morgan fingerprint density at radius 3 is 2.56 bits per heavy atom. The first-order chi connectivity index (χ1) is 7.77. The molecule has 0 bridgehead atoms. The molecule has 1 aliphatic heterocycles. The number of nitrogens with zero attached hydrogens (tertiary/aromatic N) is 3. The molecule has 1 saturated carbocycles. The van der Waals surface area contributed by atoms with Crippen LogP contribution in [0, 0.1) is 3.83 Å². The summed E-state index contributed by atoms with van der Waals surface area (Å²) >= 11 is 2.14. The molecular weight excluding hydrogens is 321 g/mol. The van der Waals surface area contributed by atoms with E-state index in [0.717, 1.165) is 42.7 Å². The van der Waals surface area contributed by atoms with Gasteiger partial charge in [0.2, 0.25) is 3.83 Å². The van der Waals surface area contributed by atoms with Crippen molar-refractivity contribution in [3.63, 3.8) is 0 Å². The van der Waals surface area contributed by atoms with Crippen LogP contribution in [-0.2, 0) is 9.47 Å². The summed E-state index contributed by atoms with van der Waals surface area (Å²) in [6.07, 6.45) is 5.86. The molecule has 1 aliphatic carbocycles. The zero-order chi connectivity index (χ0) is 11.0. The van der Waals surface area contributed by atoms with Gasteiger partial charge >= 0.3 is 0 Å². The smallest absolute Gasteiger partial charge is 0.211 e. The molecule has 5 nitrogen and oxygen atoms in total. The van der Waals surface area contributed by atoms with E-state index in [0.29, 0.717) is 6.04 Å². The van der Waals surface area contributed by atoms with Crippen LogP contribution in [-0.4, -0.2) is 33.8 Å². The van der Waals surface area contributed by atoms with Gasteiger partial charge in [0.1, 0.15) is 6.33 Å². The highest BCUT2D eigenvalue weighted by Gasteiger charge is 2.40. The van der Waals surface area contributed by atoms with E-state index in [9.17, 15) is 0 Å². The number of halogens is 1. The van der Waals surface area contributed by atoms with Gasteiger partial charge < -0.3 is 9.47 Å². The molecule has 1 saturated heterocycles. The Balaban J connectivity index is 1.66. The van der Waals surface area contributed by atoms with Crippen molar-refractivity contribution in [2.75, 3.05) is 13.2 Å². The van der Waals surface area contributed by atoms with E-state index in [1.807, 2.05) is 11.0 Å². The Labute approximate surface area is 108 Å². The molecule has 0 radical (unpaired) electrons. The third kappa shape index (κ3) is 1.98. The summed E-state index contributed by atoms with van der Waals surface area (Å²) in [5, 5.41) is 4.36. The van der Waals surface area contributed by atoms with Crippen LogP contribution in [0.25, 0.3) is 0 Å². The fourth-order valence-corrected chi connectivity index (χ4v) is 2.90. The van der Waals surface area contributed by atoms with Crippen LogP contribution < -0.4 is 0 Å². The zero-order valence-corrected chi connectivity index (χ0v) is 11.1. The van der Waals surface area contributed by atoms with Crippen molar-refractivity contribution >= 4 is 22.6 Å². The van der Waals surface area contributed by atoms with Gasteiger partial charge in [-0.1, -0.05) is 0 Å². The maximum absolute atomic E-state index is 5.70. The van der Waals surface area contributed by atoms with Crippen molar-refractivity contribution in [2.24, 2.45) is 0 Å².